The lowest BCUT2D eigenvalue weighted by Crippen LogP contribution is -1.94. The van der Waals surface area contributed by atoms with Crippen LogP contribution in [0, 0.1) is 0 Å². The van der Waals surface area contributed by atoms with Gasteiger partial charge in [0.2, 0.25) is 0 Å². The molecular formula is C40H25NO. The Bertz CT molecular complexity index is 2460. The summed E-state index contributed by atoms with van der Waals surface area (Å²) in [4.78, 5) is 0. The molecule has 0 bridgehead atoms. The number of hydrogen-bond donors (Lipinski definition) is 0. The lowest BCUT2D eigenvalue weighted by Gasteiger charge is -2.11. The van der Waals surface area contributed by atoms with Gasteiger partial charge in [-0.15, -0.1) is 0 Å². The first-order valence-electron chi connectivity index (χ1n) is 14.3. The van der Waals surface area contributed by atoms with Gasteiger partial charge >= 0.3 is 0 Å². The molecule has 0 unspecified atom stereocenters. The van der Waals surface area contributed by atoms with Crippen LogP contribution in [0.5, 0.6) is 0 Å². The van der Waals surface area contributed by atoms with E-state index in [9.17, 15) is 0 Å². The highest BCUT2D eigenvalue weighted by Crippen LogP contribution is 2.39. The molecule has 42 heavy (non-hydrogen) atoms. The smallest absolute Gasteiger partial charge is 0.135 e. The normalized spacial score (nSPS) is 11.8. The van der Waals surface area contributed by atoms with E-state index in [0.29, 0.717) is 0 Å². The minimum absolute atomic E-state index is 0.916. The summed E-state index contributed by atoms with van der Waals surface area (Å²) in [7, 11) is 0. The Balaban J connectivity index is 1.31. The summed E-state index contributed by atoms with van der Waals surface area (Å²) in [5, 5.41) is 7.27. The molecule has 0 saturated carbocycles. The summed E-state index contributed by atoms with van der Waals surface area (Å²) in [6, 6.07) is 54.5. The maximum Gasteiger partial charge on any atom is 0.135 e. The second-order valence-corrected chi connectivity index (χ2v) is 11.0. The number of fused-ring (bicyclic) bond motifs is 7. The van der Waals surface area contributed by atoms with Gasteiger partial charge in [0.05, 0.1) is 11.0 Å². The number of aromatic nitrogens is 1. The minimum atomic E-state index is 0.916. The van der Waals surface area contributed by atoms with E-state index in [2.05, 4.69) is 144 Å². The van der Waals surface area contributed by atoms with E-state index in [0.717, 1.165) is 27.6 Å². The fourth-order valence-corrected chi connectivity index (χ4v) is 6.51. The van der Waals surface area contributed by atoms with Crippen molar-refractivity contribution in [3.63, 3.8) is 0 Å². The van der Waals surface area contributed by atoms with Crippen molar-refractivity contribution in [2.24, 2.45) is 0 Å². The van der Waals surface area contributed by atoms with Crippen molar-refractivity contribution >= 4 is 54.5 Å². The minimum Gasteiger partial charge on any atom is -0.456 e. The number of para-hydroxylation sites is 1. The molecule has 0 aliphatic heterocycles. The molecule has 0 amide bonds. The van der Waals surface area contributed by atoms with Gasteiger partial charge in [0, 0.05) is 27.2 Å². The first-order valence-corrected chi connectivity index (χ1v) is 14.3. The van der Waals surface area contributed by atoms with Gasteiger partial charge in [0.1, 0.15) is 11.2 Å². The lowest BCUT2D eigenvalue weighted by molar-refractivity contribution is 0.669. The molecule has 0 saturated heterocycles. The van der Waals surface area contributed by atoms with E-state index in [1.807, 2.05) is 12.1 Å². The Hall–Kier alpha value is -5.60. The average Bonchev–Trinajstić information content (AvgIpc) is 3.59. The monoisotopic (exact) mass is 535 g/mol. The van der Waals surface area contributed by atoms with Crippen LogP contribution in [0.25, 0.3) is 82.5 Å². The zero-order chi connectivity index (χ0) is 27.6. The third kappa shape index (κ3) is 3.52. The van der Waals surface area contributed by atoms with Crippen LogP contribution in [0.4, 0.5) is 0 Å². The Morgan fingerprint density at radius 1 is 0.357 bits per heavy atom. The molecule has 2 heteroatoms. The summed E-state index contributed by atoms with van der Waals surface area (Å²) in [6.07, 6.45) is 0. The summed E-state index contributed by atoms with van der Waals surface area (Å²) in [5.74, 6) is 0. The predicted octanol–water partition coefficient (Wildman–Crippen LogP) is 11.2. The SMILES string of the molecule is c1ccc(-c2ccc3c(c2)c2ccc(-c4ccc5oc6ccccc6c5c4)cc2n3-c2ccc3ccccc3c2)cc1. The van der Waals surface area contributed by atoms with E-state index in [4.69, 9.17) is 4.42 Å². The van der Waals surface area contributed by atoms with Crippen LogP contribution in [-0.4, -0.2) is 4.57 Å². The lowest BCUT2D eigenvalue weighted by atomic mass is 10.00. The van der Waals surface area contributed by atoms with Crippen molar-refractivity contribution in [3.8, 4) is 27.9 Å². The largest absolute Gasteiger partial charge is 0.456 e. The molecule has 0 aliphatic rings. The van der Waals surface area contributed by atoms with Crippen LogP contribution < -0.4 is 0 Å². The van der Waals surface area contributed by atoms with Crippen molar-refractivity contribution in [1.82, 2.24) is 4.57 Å². The summed E-state index contributed by atoms with van der Waals surface area (Å²) >= 11 is 0. The standard InChI is InChI=1S/C40H25NO/c1-2-8-26(9-3-1)29-16-20-37-35(23-29)33-19-15-31(30-17-21-40-36(24-30)34-12-6-7-13-39(34)42-40)25-38(33)41(37)32-18-14-27-10-4-5-11-28(27)22-32/h1-25H. The maximum atomic E-state index is 6.11. The second kappa shape index (κ2) is 8.95. The first-order chi connectivity index (χ1) is 20.8. The number of furan rings is 1. The van der Waals surface area contributed by atoms with Crippen LogP contribution in [-0.2, 0) is 0 Å². The first kappa shape index (κ1) is 23.1. The Morgan fingerprint density at radius 2 is 1.05 bits per heavy atom. The third-order valence-corrected chi connectivity index (χ3v) is 8.57. The maximum absolute atomic E-state index is 6.11. The van der Waals surface area contributed by atoms with Crippen molar-refractivity contribution in [1.29, 1.82) is 0 Å². The quantitative estimate of drug-likeness (QED) is 0.220. The Labute approximate surface area is 242 Å². The number of benzene rings is 7. The van der Waals surface area contributed by atoms with Crippen LogP contribution in [0.15, 0.2) is 156 Å². The topological polar surface area (TPSA) is 18.1 Å². The van der Waals surface area contributed by atoms with E-state index in [1.54, 1.807) is 0 Å². The molecule has 0 fully saturated rings. The second-order valence-electron chi connectivity index (χ2n) is 11.0. The molecular weight excluding hydrogens is 510 g/mol. The van der Waals surface area contributed by atoms with Crippen molar-refractivity contribution in [2.75, 3.05) is 0 Å². The highest BCUT2D eigenvalue weighted by Gasteiger charge is 2.16. The van der Waals surface area contributed by atoms with Crippen LogP contribution in [0.3, 0.4) is 0 Å². The van der Waals surface area contributed by atoms with Gasteiger partial charge in [-0.3, -0.25) is 0 Å². The molecule has 0 spiro atoms. The van der Waals surface area contributed by atoms with Crippen LogP contribution in [0.1, 0.15) is 0 Å². The van der Waals surface area contributed by atoms with Crippen molar-refractivity contribution < 1.29 is 4.42 Å². The van der Waals surface area contributed by atoms with Gasteiger partial charge in [-0.1, -0.05) is 103 Å². The van der Waals surface area contributed by atoms with Crippen molar-refractivity contribution in [3.05, 3.63) is 152 Å². The highest BCUT2D eigenvalue weighted by molar-refractivity contribution is 6.12. The average molecular weight is 536 g/mol. The predicted molar refractivity (Wildman–Crippen MR) is 176 cm³/mol. The van der Waals surface area contributed by atoms with Crippen LogP contribution in [0.2, 0.25) is 0 Å². The number of nitrogens with zero attached hydrogens (tertiary/aromatic N) is 1. The summed E-state index contributed by atoms with van der Waals surface area (Å²) in [6.45, 7) is 0. The van der Waals surface area contributed by atoms with Gasteiger partial charge in [-0.05, 0) is 81.6 Å². The zero-order valence-electron chi connectivity index (χ0n) is 22.8. The van der Waals surface area contributed by atoms with E-state index < -0.39 is 0 Å². The summed E-state index contributed by atoms with van der Waals surface area (Å²) in [5.41, 5.74) is 10.2. The fourth-order valence-electron chi connectivity index (χ4n) is 6.51. The van der Waals surface area contributed by atoms with Crippen molar-refractivity contribution in [2.45, 2.75) is 0 Å². The molecule has 9 rings (SSSR count). The molecule has 9 aromatic rings. The van der Waals surface area contributed by atoms with Gasteiger partial charge in [0.15, 0.2) is 0 Å². The highest BCUT2D eigenvalue weighted by atomic mass is 16.3. The molecule has 2 heterocycles. The van der Waals surface area contributed by atoms with Crippen LogP contribution >= 0.6 is 0 Å². The third-order valence-electron chi connectivity index (χ3n) is 8.57. The molecule has 7 aromatic carbocycles. The van der Waals surface area contributed by atoms with E-state index in [-0.39, 0.29) is 0 Å². The zero-order valence-corrected chi connectivity index (χ0v) is 22.8. The van der Waals surface area contributed by atoms with Gasteiger partial charge in [-0.2, -0.15) is 0 Å². The molecule has 0 N–H and O–H groups in total. The fraction of sp³-hybridized carbons (Fsp3) is 0. The molecule has 196 valence electrons. The Kier molecular flexibility index (Phi) is 4.93. The van der Waals surface area contributed by atoms with Gasteiger partial charge in [-0.25, -0.2) is 0 Å². The molecule has 0 radical (unpaired) electrons. The van der Waals surface area contributed by atoms with E-state index in [1.165, 1.54) is 54.8 Å². The molecule has 0 atom stereocenters. The summed E-state index contributed by atoms with van der Waals surface area (Å²) < 4.78 is 8.53. The molecule has 2 aromatic heterocycles. The van der Waals surface area contributed by atoms with Gasteiger partial charge in [0.25, 0.3) is 0 Å². The Morgan fingerprint density at radius 3 is 1.98 bits per heavy atom. The molecule has 0 aliphatic carbocycles. The van der Waals surface area contributed by atoms with Gasteiger partial charge < -0.3 is 8.98 Å². The number of rotatable bonds is 3. The molecule has 2 nitrogen and oxygen atoms in total. The number of hydrogen-bond acceptors (Lipinski definition) is 1. The van der Waals surface area contributed by atoms with E-state index >= 15 is 0 Å².